The first-order valence-corrected chi connectivity index (χ1v) is 7.74. The molecule has 1 rings (SSSR count). The SMILES string of the molecule is CCCCCCC(=O)NC(=S)NCCc1ccccc1. The summed E-state index contributed by atoms with van der Waals surface area (Å²) in [6, 6.07) is 10.2. The van der Waals surface area contributed by atoms with Crippen LogP contribution in [0.4, 0.5) is 0 Å². The number of thiocarbonyl (C=S) groups is 1. The van der Waals surface area contributed by atoms with E-state index in [0.717, 1.165) is 25.8 Å². The number of unbranched alkanes of at least 4 members (excludes halogenated alkanes) is 3. The van der Waals surface area contributed by atoms with Crippen LogP contribution in [-0.4, -0.2) is 17.6 Å². The summed E-state index contributed by atoms with van der Waals surface area (Å²) in [7, 11) is 0. The molecule has 2 N–H and O–H groups in total. The lowest BCUT2D eigenvalue weighted by atomic mass is 10.1. The van der Waals surface area contributed by atoms with Crippen molar-refractivity contribution < 1.29 is 4.79 Å². The number of carbonyl (C=O) groups is 1. The number of hydrogen-bond acceptors (Lipinski definition) is 2. The minimum Gasteiger partial charge on any atom is -0.362 e. The van der Waals surface area contributed by atoms with E-state index in [2.05, 4.69) is 29.7 Å². The lowest BCUT2D eigenvalue weighted by molar-refractivity contribution is -0.119. The highest BCUT2D eigenvalue weighted by atomic mass is 32.1. The average Bonchev–Trinajstić information content (AvgIpc) is 2.45. The van der Waals surface area contributed by atoms with Crippen LogP contribution < -0.4 is 10.6 Å². The highest BCUT2D eigenvalue weighted by Crippen LogP contribution is 2.02. The molecule has 0 heterocycles. The fraction of sp³-hybridized carbons (Fsp3) is 0.500. The van der Waals surface area contributed by atoms with Gasteiger partial charge >= 0.3 is 0 Å². The topological polar surface area (TPSA) is 41.1 Å². The van der Waals surface area contributed by atoms with Gasteiger partial charge in [0.2, 0.25) is 5.91 Å². The first-order chi connectivity index (χ1) is 9.72. The third-order valence-electron chi connectivity index (χ3n) is 3.05. The summed E-state index contributed by atoms with van der Waals surface area (Å²) in [5.74, 6) is 0.0123. The zero-order chi connectivity index (χ0) is 14.6. The Morgan fingerprint density at radius 1 is 1.15 bits per heavy atom. The Balaban J connectivity index is 2.09. The summed E-state index contributed by atoms with van der Waals surface area (Å²) in [4.78, 5) is 11.6. The molecule has 0 fully saturated rings. The zero-order valence-corrected chi connectivity index (χ0v) is 13.0. The van der Waals surface area contributed by atoms with Gasteiger partial charge in [0.15, 0.2) is 5.11 Å². The largest absolute Gasteiger partial charge is 0.362 e. The van der Waals surface area contributed by atoms with Crippen LogP contribution >= 0.6 is 12.2 Å². The number of rotatable bonds is 8. The Hall–Kier alpha value is -1.42. The normalized spacial score (nSPS) is 10.1. The summed E-state index contributed by atoms with van der Waals surface area (Å²) < 4.78 is 0. The predicted octanol–water partition coefficient (Wildman–Crippen LogP) is 3.19. The number of benzene rings is 1. The number of hydrogen-bond donors (Lipinski definition) is 2. The average molecular weight is 292 g/mol. The molecular weight excluding hydrogens is 268 g/mol. The van der Waals surface area contributed by atoms with Gasteiger partial charge in [0.1, 0.15) is 0 Å². The highest BCUT2D eigenvalue weighted by molar-refractivity contribution is 7.80. The van der Waals surface area contributed by atoms with Crippen LogP contribution in [0.3, 0.4) is 0 Å². The van der Waals surface area contributed by atoms with Crippen LogP contribution in [-0.2, 0) is 11.2 Å². The van der Waals surface area contributed by atoms with Crippen molar-refractivity contribution in [1.82, 2.24) is 10.6 Å². The fourth-order valence-corrected chi connectivity index (χ4v) is 2.13. The Labute approximate surface area is 127 Å². The molecular formula is C16H24N2OS. The van der Waals surface area contributed by atoms with E-state index in [1.54, 1.807) is 0 Å². The molecule has 4 heteroatoms. The van der Waals surface area contributed by atoms with Crippen LogP contribution in [0.25, 0.3) is 0 Å². The Morgan fingerprint density at radius 3 is 2.60 bits per heavy atom. The van der Waals surface area contributed by atoms with Crippen molar-refractivity contribution in [1.29, 1.82) is 0 Å². The second-order valence-corrected chi connectivity index (χ2v) is 5.26. The first kappa shape index (κ1) is 16.6. The number of carbonyl (C=O) groups excluding carboxylic acids is 1. The fourth-order valence-electron chi connectivity index (χ4n) is 1.91. The van der Waals surface area contributed by atoms with Gasteiger partial charge in [0.25, 0.3) is 0 Å². The molecule has 110 valence electrons. The van der Waals surface area contributed by atoms with Crippen molar-refractivity contribution in [2.75, 3.05) is 6.54 Å². The minimum absolute atomic E-state index is 0.0123. The van der Waals surface area contributed by atoms with Crippen molar-refractivity contribution in [3.05, 3.63) is 35.9 Å². The highest BCUT2D eigenvalue weighted by Gasteiger charge is 2.03. The molecule has 1 amide bonds. The van der Waals surface area contributed by atoms with Crippen LogP contribution in [0.1, 0.15) is 44.6 Å². The molecule has 20 heavy (non-hydrogen) atoms. The van der Waals surface area contributed by atoms with E-state index in [4.69, 9.17) is 12.2 Å². The predicted molar refractivity (Wildman–Crippen MR) is 87.6 cm³/mol. The molecule has 0 saturated carbocycles. The van der Waals surface area contributed by atoms with Crippen molar-refractivity contribution in [3.63, 3.8) is 0 Å². The lowest BCUT2D eigenvalue weighted by Crippen LogP contribution is -2.39. The van der Waals surface area contributed by atoms with E-state index in [-0.39, 0.29) is 5.91 Å². The van der Waals surface area contributed by atoms with E-state index in [9.17, 15) is 4.79 Å². The second kappa shape index (κ2) is 10.4. The van der Waals surface area contributed by atoms with Gasteiger partial charge in [-0.25, -0.2) is 0 Å². The maximum Gasteiger partial charge on any atom is 0.226 e. The summed E-state index contributed by atoms with van der Waals surface area (Å²) in [5.41, 5.74) is 1.26. The molecule has 0 radical (unpaired) electrons. The van der Waals surface area contributed by atoms with Crippen LogP contribution in [0.2, 0.25) is 0 Å². The monoisotopic (exact) mass is 292 g/mol. The lowest BCUT2D eigenvalue weighted by Gasteiger charge is -2.09. The van der Waals surface area contributed by atoms with Crippen LogP contribution in [0.5, 0.6) is 0 Å². The van der Waals surface area contributed by atoms with E-state index in [1.807, 2.05) is 18.2 Å². The van der Waals surface area contributed by atoms with Crippen molar-refractivity contribution in [3.8, 4) is 0 Å². The van der Waals surface area contributed by atoms with Gasteiger partial charge in [-0.05, 0) is 30.6 Å². The van der Waals surface area contributed by atoms with Gasteiger partial charge in [-0.1, -0.05) is 56.5 Å². The molecule has 0 spiro atoms. The van der Waals surface area contributed by atoms with Gasteiger partial charge in [-0.3, -0.25) is 4.79 Å². The van der Waals surface area contributed by atoms with Crippen molar-refractivity contribution in [2.45, 2.75) is 45.4 Å². The minimum atomic E-state index is 0.0123. The molecule has 0 saturated heterocycles. The van der Waals surface area contributed by atoms with E-state index < -0.39 is 0 Å². The number of amides is 1. The molecule has 3 nitrogen and oxygen atoms in total. The smallest absolute Gasteiger partial charge is 0.226 e. The molecule has 1 aromatic carbocycles. The van der Waals surface area contributed by atoms with Crippen molar-refractivity contribution in [2.24, 2.45) is 0 Å². The van der Waals surface area contributed by atoms with Crippen LogP contribution in [0.15, 0.2) is 30.3 Å². The van der Waals surface area contributed by atoms with E-state index in [0.29, 0.717) is 11.5 Å². The third kappa shape index (κ3) is 7.89. The van der Waals surface area contributed by atoms with Gasteiger partial charge in [0, 0.05) is 13.0 Å². The van der Waals surface area contributed by atoms with Crippen LogP contribution in [0, 0.1) is 0 Å². The van der Waals surface area contributed by atoms with Gasteiger partial charge in [0.05, 0.1) is 0 Å². The molecule has 0 aliphatic carbocycles. The standard InChI is InChI=1S/C16H24N2OS/c1-2-3-4-8-11-15(19)18-16(20)17-13-12-14-9-6-5-7-10-14/h5-7,9-10H,2-4,8,11-13H2,1H3,(H2,17,18,19,20). The zero-order valence-electron chi connectivity index (χ0n) is 12.2. The van der Waals surface area contributed by atoms with Crippen molar-refractivity contribution >= 4 is 23.2 Å². The van der Waals surface area contributed by atoms with Gasteiger partial charge in [-0.15, -0.1) is 0 Å². The molecule has 0 bridgehead atoms. The maximum absolute atomic E-state index is 11.6. The maximum atomic E-state index is 11.6. The summed E-state index contributed by atoms with van der Waals surface area (Å²) in [6.45, 7) is 2.89. The quantitative estimate of drug-likeness (QED) is 0.571. The first-order valence-electron chi connectivity index (χ1n) is 7.34. The van der Waals surface area contributed by atoms with E-state index >= 15 is 0 Å². The Kier molecular flexibility index (Phi) is 8.63. The summed E-state index contributed by atoms with van der Waals surface area (Å²) in [6.07, 6.45) is 5.87. The Bertz CT molecular complexity index is 406. The molecule has 0 aliphatic heterocycles. The summed E-state index contributed by atoms with van der Waals surface area (Å²) >= 11 is 5.10. The third-order valence-corrected chi connectivity index (χ3v) is 3.30. The molecule has 0 aliphatic rings. The molecule has 0 aromatic heterocycles. The van der Waals surface area contributed by atoms with Gasteiger partial charge < -0.3 is 10.6 Å². The molecule has 0 unspecified atom stereocenters. The second-order valence-electron chi connectivity index (χ2n) is 4.85. The Morgan fingerprint density at radius 2 is 1.90 bits per heavy atom. The van der Waals surface area contributed by atoms with Gasteiger partial charge in [-0.2, -0.15) is 0 Å². The summed E-state index contributed by atoms with van der Waals surface area (Å²) in [5, 5.41) is 6.22. The number of nitrogens with one attached hydrogen (secondary N) is 2. The molecule has 0 atom stereocenters. The van der Waals surface area contributed by atoms with E-state index in [1.165, 1.54) is 18.4 Å². The molecule has 1 aromatic rings.